The van der Waals surface area contributed by atoms with Gasteiger partial charge in [-0.15, -0.1) is 0 Å². The highest BCUT2D eigenvalue weighted by atomic mass is 16.6. The summed E-state index contributed by atoms with van der Waals surface area (Å²) in [7, 11) is 3.89. The average Bonchev–Trinajstić information content (AvgIpc) is 2.64. The van der Waals surface area contributed by atoms with Crippen LogP contribution in [0.2, 0.25) is 0 Å². The Morgan fingerprint density at radius 1 is 1.27 bits per heavy atom. The molecule has 0 bridgehead atoms. The highest BCUT2D eigenvalue weighted by Gasteiger charge is 2.24. The Morgan fingerprint density at radius 3 is 2.47 bits per heavy atom. The van der Waals surface area contributed by atoms with Crippen LogP contribution in [0.4, 0.5) is 4.79 Å². The van der Waals surface area contributed by atoms with Crippen LogP contribution in [0.5, 0.6) is 0 Å². The van der Waals surface area contributed by atoms with Gasteiger partial charge >= 0.3 is 6.09 Å². The van der Waals surface area contributed by atoms with Gasteiger partial charge in [0.05, 0.1) is 0 Å². The molecular formula is C23H47N5O2. The van der Waals surface area contributed by atoms with Gasteiger partial charge < -0.3 is 25.2 Å². The summed E-state index contributed by atoms with van der Waals surface area (Å²) < 4.78 is 5.42. The van der Waals surface area contributed by atoms with E-state index in [1.165, 1.54) is 19.4 Å². The molecule has 1 aliphatic heterocycles. The molecular weight excluding hydrogens is 378 g/mol. The Balaban J connectivity index is 2.50. The van der Waals surface area contributed by atoms with Crippen LogP contribution in [0, 0.1) is 11.8 Å². The lowest BCUT2D eigenvalue weighted by Gasteiger charge is -2.36. The summed E-state index contributed by atoms with van der Waals surface area (Å²) in [5, 5.41) is 6.59. The first-order valence-corrected chi connectivity index (χ1v) is 11.6. The van der Waals surface area contributed by atoms with Crippen molar-refractivity contribution < 1.29 is 9.53 Å². The Bertz CT molecular complexity index is 542. The van der Waals surface area contributed by atoms with Crippen molar-refractivity contribution >= 4 is 12.1 Å². The van der Waals surface area contributed by atoms with E-state index in [0.717, 1.165) is 32.0 Å². The van der Waals surface area contributed by atoms with E-state index in [1.807, 2.05) is 27.8 Å². The van der Waals surface area contributed by atoms with Crippen molar-refractivity contribution in [1.29, 1.82) is 0 Å². The van der Waals surface area contributed by atoms with Crippen LogP contribution in [0.1, 0.15) is 67.7 Å². The van der Waals surface area contributed by atoms with Gasteiger partial charge in [-0.3, -0.25) is 4.99 Å². The van der Waals surface area contributed by atoms with E-state index in [-0.39, 0.29) is 12.1 Å². The fraction of sp³-hybridized carbons (Fsp3) is 0.913. The third-order valence-electron chi connectivity index (χ3n) is 5.69. The molecule has 1 saturated heterocycles. The van der Waals surface area contributed by atoms with Crippen molar-refractivity contribution in [3.63, 3.8) is 0 Å². The molecule has 1 rings (SSSR count). The number of carbonyl (C=O) groups is 1. The maximum absolute atomic E-state index is 12.2. The Labute approximate surface area is 185 Å². The zero-order valence-corrected chi connectivity index (χ0v) is 20.9. The summed E-state index contributed by atoms with van der Waals surface area (Å²) >= 11 is 0. The molecule has 0 aromatic rings. The maximum Gasteiger partial charge on any atom is 0.407 e. The topological polar surface area (TPSA) is 69.2 Å². The van der Waals surface area contributed by atoms with Gasteiger partial charge in [-0.25, -0.2) is 4.79 Å². The Kier molecular flexibility index (Phi) is 10.9. The van der Waals surface area contributed by atoms with Crippen molar-refractivity contribution in [3.05, 3.63) is 0 Å². The second-order valence-electron chi connectivity index (χ2n) is 10.2. The number of nitrogens with zero attached hydrogens (tertiary/aromatic N) is 3. The van der Waals surface area contributed by atoms with Gasteiger partial charge in [-0.2, -0.15) is 0 Å². The number of hydrogen-bond donors (Lipinski definition) is 2. The molecule has 2 unspecified atom stereocenters. The van der Waals surface area contributed by atoms with Gasteiger partial charge in [-0.1, -0.05) is 13.8 Å². The summed E-state index contributed by atoms with van der Waals surface area (Å²) in [6, 6.07) is 0.665. The van der Waals surface area contributed by atoms with Crippen molar-refractivity contribution in [1.82, 2.24) is 20.4 Å². The highest BCUT2D eigenvalue weighted by Crippen LogP contribution is 2.18. The van der Waals surface area contributed by atoms with Crippen LogP contribution in [0.3, 0.4) is 0 Å². The number of alkyl carbamates (subject to hydrolysis) is 1. The molecule has 1 fully saturated rings. The number of hydrogen-bond acceptors (Lipinski definition) is 4. The quantitative estimate of drug-likeness (QED) is 0.460. The monoisotopic (exact) mass is 425 g/mol. The molecule has 0 aromatic heterocycles. The smallest absolute Gasteiger partial charge is 0.407 e. The highest BCUT2D eigenvalue weighted by molar-refractivity contribution is 5.79. The molecule has 0 saturated carbocycles. The van der Waals surface area contributed by atoms with Crippen molar-refractivity contribution in [2.45, 2.75) is 85.4 Å². The lowest BCUT2D eigenvalue weighted by Crippen LogP contribution is -2.48. The third-order valence-corrected chi connectivity index (χ3v) is 5.69. The van der Waals surface area contributed by atoms with Crippen LogP contribution < -0.4 is 10.6 Å². The summed E-state index contributed by atoms with van der Waals surface area (Å²) in [6.07, 6.45) is 3.02. The van der Waals surface area contributed by atoms with Crippen molar-refractivity contribution in [2.24, 2.45) is 16.8 Å². The Morgan fingerprint density at radius 2 is 1.93 bits per heavy atom. The van der Waals surface area contributed by atoms with E-state index in [1.54, 1.807) is 0 Å². The molecule has 30 heavy (non-hydrogen) atoms. The van der Waals surface area contributed by atoms with E-state index in [4.69, 9.17) is 4.74 Å². The summed E-state index contributed by atoms with van der Waals surface area (Å²) in [6.45, 7) is 18.6. The molecule has 0 radical (unpaired) electrons. The lowest BCUT2D eigenvalue weighted by atomic mass is 9.97. The Hall–Kier alpha value is -1.50. The molecule has 0 aromatic carbocycles. The summed E-state index contributed by atoms with van der Waals surface area (Å²) in [4.78, 5) is 21.4. The van der Waals surface area contributed by atoms with Gasteiger partial charge in [0.15, 0.2) is 5.96 Å². The summed E-state index contributed by atoms with van der Waals surface area (Å²) in [5.74, 6) is 1.89. The van der Waals surface area contributed by atoms with E-state index in [0.29, 0.717) is 17.9 Å². The zero-order valence-electron chi connectivity index (χ0n) is 20.9. The average molecular weight is 426 g/mol. The largest absolute Gasteiger partial charge is 0.444 e. The van der Waals surface area contributed by atoms with Gasteiger partial charge in [0, 0.05) is 45.8 Å². The second kappa shape index (κ2) is 12.4. The molecule has 2 N–H and O–H groups in total. The molecule has 7 nitrogen and oxygen atoms in total. The molecule has 2 atom stereocenters. The summed E-state index contributed by atoms with van der Waals surface area (Å²) in [5.41, 5.74) is -0.487. The minimum Gasteiger partial charge on any atom is -0.444 e. The number of nitrogens with one attached hydrogen (secondary N) is 2. The first-order valence-electron chi connectivity index (χ1n) is 11.6. The number of piperidine rings is 1. The maximum atomic E-state index is 12.2. The van der Waals surface area contributed by atoms with E-state index < -0.39 is 5.60 Å². The van der Waals surface area contributed by atoms with Crippen LogP contribution in [-0.2, 0) is 4.74 Å². The van der Waals surface area contributed by atoms with Gasteiger partial charge in [0.25, 0.3) is 0 Å². The molecule has 7 heteroatoms. The number of carbonyl (C=O) groups excluding carboxylic acids is 1. The molecule has 1 aliphatic rings. The first-order chi connectivity index (χ1) is 13.9. The number of likely N-dealkylation sites (tertiary alicyclic amines) is 1. The zero-order chi connectivity index (χ0) is 22.9. The van der Waals surface area contributed by atoms with Crippen molar-refractivity contribution in [3.8, 4) is 0 Å². The number of rotatable bonds is 8. The number of aliphatic imine (C=N–C) groups is 1. The van der Waals surface area contributed by atoms with Crippen LogP contribution in [-0.4, -0.2) is 79.8 Å². The molecule has 176 valence electrons. The van der Waals surface area contributed by atoms with E-state index in [2.05, 4.69) is 60.2 Å². The SMILES string of the molecule is CN=C(NCC1CCCN(C(C)C)C1)N(C)CCC(NC(=O)OC(C)(C)C)C(C)C. The first kappa shape index (κ1) is 26.5. The fourth-order valence-electron chi connectivity index (χ4n) is 3.82. The van der Waals surface area contributed by atoms with E-state index in [9.17, 15) is 4.79 Å². The molecule has 0 spiro atoms. The second-order valence-corrected chi connectivity index (χ2v) is 10.2. The fourth-order valence-corrected chi connectivity index (χ4v) is 3.82. The predicted molar refractivity (Wildman–Crippen MR) is 126 cm³/mol. The molecule has 0 aliphatic carbocycles. The number of ether oxygens (including phenoxy) is 1. The van der Waals surface area contributed by atoms with Crippen LogP contribution >= 0.6 is 0 Å². The number of amides is 1. The normalized spacial score (nSPS) is 19.7. The number of guanidine groups is 1. The van der Waals surface area contributed by atoms with Crippen LogP contribution in [0.15, 0.2) is 4.99 Å². The lowest BCUT2D eigenvalue weighted by molar-refractivity contribution is 0.0486. The van der Waals surface area contributed by atoms with Crippen molar-refractivity contribution in [2.75, 3.05) is 40.3 Å². The minimum absolute atomic E-state index is 0.0540. The standard InChI is InChI=1S/C23H47N5O2/c1-17(2)20(26-22(29)30-23(5,6)7)12-14-27(9)21(24-8)25-15-19-11-10-13-28(16-19)18(3)4/h17-20H,10-16H2,1-9H3,(H,24,25)(H,26,29). The molecule has 1 heterocycles. The minimum atomic E-state index is -0.487. The van der Waals surface area contributed by atoms with E-state index >= 15 is 0 Å². The predicted octanol–water partition coefficient (Wildman–Crippen LogP) is 3.55. The van der Waals surface area contributed by atoms with Gasteiger partial charge in [0.1, 0.15) is 5.60 Å². The van der Waals surface area contributed by atoms with Gasteiger partial charge in [0.2, 0.25) is 0 Å². The van der Waals surface area contributed by atoms with Crippen LogP contribution in [0.25, 0.3) is 0 Å². The van der Waals surface area contributed by atoms with Gasteiger partial charge in [-0.05, 0) is 72.3 Å². The molecule has 1 amide bonds. The third kappa shape index (κ3) is 10.0.